The summed E-state index contributed by atoms with van der Waals surface area (Å²) < 4.78 is 25.9. The molecule has 0 aliphatic rings. The predicted octanol–water partition coefficient (Wildman–Crippen LogP) is 7.78. The van der Waals surface area contributed by atoms with Crippen LogP contribution in [-0.2, 0) is 14.6 Å². The fourth-order valence-electron chi connectivity index (χ4n) is 4.07. The van der Waals surface area contributed by atoms with Crippen molar-refractivity contribution in [3.05, 3.63) is 137 Å². The molecule has 0 aliphatic carbocycles. The molecule has 0 spiro atoms. The largest absolute Gasteiger partial charge is 0.477 e. The Morgan fingerprint density at radius 2 is 1.16 bits per heavy atom. The average Bonchev–Trinajstić information content (AvgIpc) is 3.43. The lowest BCUT2D eigenvalue weighted by Gasteiger charge is -2.25. The van der Waals surface area contributed by atoms with Crippen LogP contribution in [0.5, 0.6) is 0 Å². The van der Waals surface area contributed by atoms with Crippen molar-refractivity contribution in [2.45, 2.75) is 4.90 Å². The van der Waals surface area contributed by atoms with Gasteiger partial charge in [-0.3, -0.25) is 0 Å². The van der Waals surface area contributed by atoms with E-state index < -0.39 is 20.7 Å². The maximum atomic E-state index is 12.9. The van der Waals surface area contributed by atoms with Gasteiger partial charge in [-0.1, -0.05) is 66.7 Å². The summed E-state index contributed by atoms with van der Waals surface area (Å²) in [7, 11) is -4.16. The molecule has 4 aromatic carbocycles. The van der Waals surface area contributed by atoms with Gasteiger partial charge in [0.1, 0.15) is 0 Å². The lowest BCUT2D eigenvalue weighted by Crippen LogP contribution is -2.13. The second kappa shape index (κ2) is 10.9. The van der Waals surface area contributed by atoms with E-state index in [0.29, 0.717) is 4.88 Å². The minimum absolute atomic E-state index is 0.0533. The smallest absolute Gasteiger partial charge is 0.347 e. The van der Waals surface area contributed by atoms with Crippen LogP contribution in [-0.4, -0.2) is 19.5 Å². The molecule has 38 heavy (non-hydrogen) atoms. The van der Waals surface area contributed by atoms with Gasteiger partial charge < -0.3 is 10.0 Å². The first kappa shape index (κ1) is 25.2. The third-order valence-corrected chi connectivity index (χ3v) is 8.74. The average molecular weight is 538 g/mol. The number of nitrogens with zero attached hydrogens (tertiary/aromatic N) is 1. The standard InChI is InChI=1S/C31H23NO4S2/c33-31(34)30(38(35,36)28-14-8-3-9-15-28)22-27-20-21-29(37-27)23-16-18-26(19-17-23)32(24-10-4-1-5-11-24)25-12-6-2-7-13-25/h1-22H,(H,33,34)/b30-22-. The van der Waals surface area contributed by atoms with E-state index in [1.165, 1.54) is 29.5 Å². The minimum atomic E-state index is -4.16. The molecule has 5 rings (SSSR count). The zero-order valence-electron chi connectivity index (χ0n) is 20.1. The van der Waals surface area contributed by atoms with Gasteiger partial charge in [-0.2, -0.15) is 0 Å². The highest BCUT2D eigenvalue weighted by Gasteiger charge is 2.27. The Kier molecular flexibility index (Phi) is 7.22. The van der Waals surface area contributed by atoms with Crippen LogP contribution >= 0.6 is 11.3 Å². The van der Waals surface area contributed by atoms with Gasteiger partial charge in [0.2, 0.25) is 9.84 Å². The molecule has 0 saturated carbocycles. The maximum Gasteiger partial charge on any atom is 0.347 e. The van der Waals surface area contributed by atoms with E-state index in [-0.39, 0.29) is 4.90 Å². The van der Waals surface area contributed by atoms with Gasteiger partial charge in [0.05, 0.1) is 4.90 Å². The Morgan fingerprint density at radius 3 is 1.68 bits per heavy atom. The molecule has 0 aliphatic heterocycles. The Labute approximate surface area is 225 Å². The number of thiophene rings is 1. The minimum Gasteiger partial charge on any atom is -0.477 e. The first-order chi connectivity index (χ1) is 18.4. The van der Waals surface area contributed by atoms with Crippen LogP contribution < -0.4 is 4.90 Å². The van der Waals surface area contributed by atoms with Crippen molar-refractivity contribution < 1.29 is 18.3 Å². The maximum absolute atomic E-state index is 12.9. The van der Waals surface area contributed by atoms with Crippen LogP contribution in [0.3, 0.4) is 0 Å². The SMILES string of the molecule is O=C(O)/C(=C/c1ccc(-c2ccc(N(c3ccccc3)c3ccccc3)cc2)s1)S(=O)(=O)c1ccccc1. The highest BCUT2D eigenvalue weighted by atomic mass is 32.2. The number of rotatable bonds is 8. The van der Waals surface area contributed by atoms with Crippen LogP contribution in [0.15, 0.2) is 137 Å². The monoisotopic (exact) mass is 537 g/mol. The first-order valence-electron chi connectivity index (χ1n) is 11.8. The van der Waals surface area contributed by atoms with E-state index in [4.69, 9.17) is 0 Å². The molecule has 1 aromatic heterocycles. The van der Waals surface area contributed by atoms with Gasteiger partial charge in [0.25, 0.3) is 0 Å². The van der Waals surface area contributed by atoms with E-state index in [1.54, 1.807) is 24.3 Å². The second-order valence-electron chi connectivity index (χ2n) is 8.39. The van der Waals surface area contributed by atoms with Gasteiger partial charge in [0, 0.05) is 26.8 Å². The van der Waals surface area contributed by atoms with E-state index in [2.05, 4.69) is 29.2 Å². The summed E-state index contributed by atoms with van der Waals surface area (Å²) in [6.45, 7) is 0. The molecule has 1 heterocycles. The molecule has 1 N–H and O–H groups in total. The Bertz CT molecular complexity index is 1640. The lowest BCUT2D eigenvalue weighted by atomic mass is 10.1. The number of hydrogen-bond donors (Lipinski definition) is 1. The third-order valence-electron chi connectivity index (χ3n) is 5.89. The number of hydrogen-bond acceptors (Lipinski definition) is 5. The molecule has 0 radical (unpaired) electrons. The first-order valence-corrected chi connectivity index (χ1v) is 14.1. The molecule has 7 heteroatoms. The third kappa shape index (κ3) is 5.29. The molecule has 0 amide bonds. The van der Waals surface area contributed by atoms with Crippen LogP contribution in [0.25, 0.3) is 16.5 Å². The van der Waals surface area contributed by atoms with Crippen molar-refractivity contribution in [1.82, 2.24) is 0 Å². The quantitative estimate of drug-likeness (QED) is 0.205. The number of para-hydroxylation sites is 2. The number of sulfone groups is 1. The zero-order chi connectivity index (χ0) is 26.5. The van der Waals surface area contributed by atoms with Gasteiger partial charge in [-0.05, 0) is 72.3 Å². The van der Waals surface area contributed by atoms with Gasteiger partial charge in [-0.25, -0.2) is 13.2 Å². The fraction of sp³-hybridized carbons (Fsp3) is 0. The molecule has 188 valence electrons. The molecule has 0 saturated heterocycles. The topological polar surface area (TPSA) is 74.7 Å². The summed E-state index contributed by atoms with van der Waals surface area (Å²) in [5.74, 6) is -1.49. The highest BCUT2D eigenvalue weighted by molar-refractivity contribution is 7.96. The number of carbonyl (C=O) groups is 1. The molecule has 5 aromatic rings. The normalized spacial score (nSPS) is 11.7. The number of carboxylic acid groups (broad SMARTS) is 1. The second-order valence-corrected chi connectivity index (χ2v) is 11.4. The van der Waals surface area contributed by atoms with E-state index in [1.807, 2.05) is 66.7 Å². The summed E-state index contributed by atoms with van der Waals surface area (Å²) in [6.07, 6.45) is 1.22. The number of anilines is 3. The van der Waals surface area contributed by atoms with E-state index in [0.717, 1.165) is 27.5 Å². The molecular formula is C31H23NO4S2. The van der Waals surface area contributed by atoms with Crippen LogP contribution in [0, 0.1) is 0 Å². The van der Waals surface area contributed by atoms with Crippen molar-refractivity contribution in [2.24, 2.45) is 0 Å². The van der Waals surface area contributed by atoms with E-state index >= 15 is 0 Å². The van der Waals surface area contributed by atoms with Gasteiger partial charge in [-0.15, -0.1) is 11.3 Å². The van der Waals surface area contributed by atoms with Crippen molar-refractivity contribution in [2.75, 3.05) is 4.90 Å². The van der Waals surface area contributed by atoms with Crippen LogP contribution in [0.1, 0.15) is 4.88 Å². The molecular weight excluding hydrogens is 514 g/mol. The van der Waals surface area contributed by atoms with Crippen molar-refractivity contribution in [1.29, 1.82) is 0 Å². The number of aliphatic carboxylic acids is 1. The fourth-order valence-corrected chi connectivity index (χ4v) is 6.38. The Balaban J connectivity index is 1.46. The Hall–Kier alpha value is -4.46. The summed E-state index contributed by atoms with van der Waals surface area (Å²) in [6, 6.07) is 39.5. The number of benzene rings is 4. The van der Waals surface area contributed by atoms with Crippen molar-refractivity contribution in [3.63, 3.8) is 0 Å². The highest BCUT2D eigenvalue weighted by Crippen LogP contribution is 2.37. The lowest BCUT2D eigenvalue weighted by molar-refractivity contribution is -0.131. The molecule has 5 nitrogen and oxygen atoms in total. The summed E-state index contributed by atoms with van der Waals surface area (Å²) in [5.41, 5.74) is 4.01. The Morgan fingerprint density at radius 1 is 0.658 bits per heavy atom. The summed E-state index contributed by atoms with van der Waals surface area (Å²) in [5, 5.41) is 9.68. The zero-order valence-corrected chi connectivity index (χ0v) is 21.8. The summed E-state index contributed by atoms with van der Waals surface area (Å²) in [4.78, 5) is 14.8. The molecule has 0 bridgehead atoms. The van der Waals surface area contributed by atoms with Crippen LogP contribution in [0.4, 0.5) is 17.1 Å². The van der Waals surface area contributed by atoms with E-state index in [9.17, 15) is 18.3 Å². The van der Waals surface area contributed by atoms with Gasteiger partial charge in [0.15, 0.2) is 4.91 Å². The molecule has 0 atom stereocenters. The van der Waals surface area contributed by atoms with Gasteiger partial charge >= 0.3 is 5.97 Å². The predicted molar refractivity (Wildman–Crippen MR) is 154 cm³/mol. The molecule has 0 unspecified atom stereocenters. The molecule has 0 fully saturated rings. The number of carboxylic acids is 1. The van der Waals surface area contributed by atoms with Crippen molar-refractivity contribution >= 4 is 50.3 Å². The summed E-state index contributed by atoms with van der Waals surface area (Å²) >= 11 is 1.33. The van der Waals surface area contributed by atoms with Crippen LogP contribution in [0.2, 0.25) is 0 Å². The van der Waals surface area contributed by atoms with Crippen molar-refractivity contribution in [3.8, 4) is 10.4 Å².